The molecule has 0 atom stereocenters. The summed E-state index contributed by atoms with van der Waals surface area (Å²) < 4.78 is 26.5. The maximum absolute atomic E-state index is 12.1. The van der Waals surface area contributed by atoms with Gasteiger partial charge < -0.3 is 10.2 Å². The monoisotopic (exact) mass is 375 g/mol. The number of carbonyl (C=O) groups is 1. The van der Waals surface area contributed by atoms with E-state index in [-0.39, 0.29) is 24.7 Å². The van der Waals surface area contributed by atoms with E-state index in [0.29, 0.717) is 5.56 Å². The zero-order chi connectivity index (χ0) is 19.0. The zero-order valence-electron chi connectivity index (χ0n) is 15.1. The van der Waals surface area contributed by atoms with Gasteiger partial charge in [-0.05, 0) is 36.8 Å². The van der Waals surface area contributed by atoms with Gasteiger partial charge in [-0.2, -0.15) is 0 Å². The molecule has 0 bridgehead atoms. The van der Waals surface area contributed by atoms with Crippen molar-refractivity contribution in [1.82, 2.24) is 10.0 Å². The summed E-state index contributed by atoms with van der Waals surface area (Å²) in [5.41, 5.74) is 2.42. The van der Waals surface area contributed by atoms with Crippen molar-refractivity contribution >= 4 is 21.6 Å². The van der Waals surface area contributed by atoms with Gasteiger partial charge in [0.15, 0.2) is 0 Å². The van der Waals surface area contributed by atoms with Crippen molar-refractivity contribution in [3.05, 3.63) is 65.7 Å². The van der Waals surface area contributed by atoms with Crippen molar-refractivity contribution in [2.75, 3.05) is 30.8 Å². The van der Waals surface area contributed by atoms with Gasteiger partial charge in [0.2, 0.25) is 10.0 Å². The molecule has 0 aliphatic heterocycles. The quantitative estimate of drug-likeness (QED) is 0.703. The lowest BCUT2D eigenvalue weighted by molar-refractivity contribution is 0.0956. The first-order valence-corrected chi connectivity index (χ1v) is 10.2. The molecule has 6 nitrogen and oxygen atoms in total. The Kier molecular flexibility index (Phi) is 7.17. The maximum Gasteiger partial charge on any atom is 0.251 e. The number of amides is 1. The van der Waals surface area contributed by atoms with E-state index in [0.717, 1.165) is 17.8 Å². The Morgan fingerprint density at radius 3 is 2.31 bits per heavy atom. The standard InChI is InChI=1S/C19H25N3O3S/c1-3-22(2)18-11-9-17(10-12-18)19(23)20-13-14-26(24,25)21-15-16-7-5-4-6-8-16/h4-12,21H,3,13-15H2,1-2H3,(H,20,23). The normalized spacial score (nSPS) is 11.2. The first-order valence-electron chi connectivity index (χ1n) is 8.52. The molecule has 2 aromatic carbocycles. The second kappa shape index (κ2) is 9.35. The fraction of sp³-hybridized carbons (Fsp3) is 0.316. The molecule has 7 heteroatoms. The van der Waals surface area contributed by atoms with Gasteiger partial charge in [-0.3, -0.25) is 4.79 Å². The Balaban J connectivity index is 1.79. The lowest BCUT2D eigenvalue weighted by Gasteiger charge is -2.16. The maximum atomic E-state index is 12.1. The number of hydrogen-bond donors (Lipinski definition) is 2. The molecule has 26 heavy (non-hydrogen) atoms. The Labute approximate surface area is 155 Å². The van der Waals surface area contributed by atoms with Gasteiger partial charge in [0.1, 0.15) is 0 Å². The minimum Gasteiger partial charge on any atom is -0.375 e. The summed E-state index contributed by atoms with van der Waals surface area (Å²) in [6.45, 7) is 3.22. The number of carbonyl (C=O) groups excluding carboxylic acids is 1. The fourth-order valence-electron chi connectivity index (χ4n) is 2.31. The van der Waals surface area contributed by atoms with Gasteiger partial charge in [-0.1, -0.05) is 30.3 Å². The van der Waals surface area contributed by atoms with Crippen LogP contribution >= 0.6 is 0 Å². The van der Waals surface area contributed by atoms with Crippen LogP contribution in [-0.4, -0.2) is 40.2 Å². The molecule has 0 saturated carbocycles. The number of rotatable bonds is 9. The number of sulfonamides is 1. The highest BCUT2D eigenvalue weighted by molar-refractivity contribution is 7.89. The molecule has 0 unspecified atom stereocenters. The summed E-state index contributed by atoms with van der Waals surface area (Å²) in [6, 6.07) is 16.5. The molecule has 140 valence electrons. The summed E-state index contributed by atoms with van der Waals surface area (Å²) in [6.07, 6.45) is 0. The molecule has 2 rings (SSSR count). The molecule has 0 radical (unpaired) electrons. The lowest BCUT2D eigenvalue weighted by atomic mass is 10.2. The van der Waals surface area contributed by atoms with E-state index >= 15 is 0 Å². The van der Waals surface area contributed by atoms with Crippen LogP contribution in [0.3, 0.4) is 0 Å². The number of benzene rings is 2. The van der Waals surface area contributed by atoms with E-state index in [9.17, 15) is 13.2 Å². The van der Waals surface area contributed by atoms with Crippen LogP contribution in [0.15, 0.2) is 54.6 Å². The van der Waals surface area contributed by atoms with Crippen molar-refractivity contribution in [2.45, 2.75) is 13.5 Å². The minimum atomic E-state index is -3.45. The Hall–Kier alpha value is -2.38. The highest BCUT2D eigenvalue weighted by atomic mass is 32.2. The third-order valence-electron chi connectivity index (χ3n) is 4.04. The number of nitrogens with zero attached hydrogens (tertiary/aromatic N) is 1. The van der Waals surface area contributed by atoms with Crippen molar-refractivity contribution in [1.29, 1.82) is 0 Å². The van der Waals surface area contributed by atoms with Crippen LogP contribution in [0.2, 0.25) is 0 Å². The predicted octanol–water partition coefficient (Wildman–Crippen LogP) is 1.99. The molecule has 0 aliphatic rings. The average Bonchev–Trinajstić information content (AvgIpc) is 2.66. The molecule has 1 amide bonds. The van der Waals surface area contributed by atoms with E-state index in [1.54, 1.807) is 12.1 Å². The van der Waals surface area contributed by atoms with Crippen LogP contribution in [0.5, 0.6) is 0 Å². The van der Waals surface area contributed by atoms with Crippen molar-refractivity contribution in [3.8, 4) is 0 Å². The van der Waals surface area contributed by atoms with E-state index in [1.807, 2.05) is 56.4 Å². The topological polar surface area (TPSA) is 78.5 Å². The lowest BCUT2D eigenvalue weighted by Crippen LogP contribution is -2.34. The zero-order valence-corrected chi connectivity index (χ0v) is 15.9. The van der Waals surface area contributed by atoms with Crippen LogP contribution in [0.1, 0.15) is 22.8 Å². The van der Waals surface area contributed by atoms with Crippen LogP contribution in [0.25, 0.3) is 0 Å². The van der Waals surface area contributed by atoms with Gasteiger partial charge in [0, 0.05) is 37.9 Å². The Morgan fingerprint density at radius 2 is 1.69 bits per heavy atom. The van der Waals surface area contributed by atoms with Crippen LogP contribution in [0.4, 0.5) is 5.69 Å². The molecule has 0 aliphatic carbocycles. The smallest absolute Gasteiger partial charge is 0.251 e. The number of anilines is 1. The van der Waals surface area contributed by atoms with Gasteiger partial charge in [0.05, 0.1) is 5.75 Å². The molecule has 2 N–H and O–H groups in total. The first-order chi connectivity index (χ1) is 12.4. The summed E-state index contributed by atoms with van der Waals surface area (Å²) in [5.74, 6) is -0.448. The average molecular weight is 375 g/mol. The van der Waals surface area contributed by atoms with E-state index in [4.69, 9.17) is 0 Å². The third-order valence-corrected chi connectivity index (χ3v) is 5.37. The van der Waals surface area contributed by atoms with Crippen LogP contribution in [0, 0.1) is 0 Å². The van der Waals surface area contributed by atoms with Gasteiger partial charge in [-0.15, -0.1) is 0 Å². The summed E-state index contributed by atoms with van der Waals surface area (Å²) >= 11 is 0. The molecule has 0 aromatic heterocycles. The number of nitrogens with one attached hydrogen (secondary N) is 2. The molecule has 0 fully saturated rings. The van der Waals surface area contributed by atoms with E-state index in [2.05, 4.69) is 14.9 Å². The largest absolute Gasteiger partial charge is 0.375 e. The van der Waals surface area contributed by atoms with Gasteiger partial charge in [0.25, 0.3) is 5.91 Å². The highest BCUT2D eigenvalue weighted by Crippen LogP contribution is 2.13. The summed E-state index contributed by atoms with van der Waals surface area (Å²) in [7, 11) is -1.48. The van der Waals surface area contributed by atoms with Crippen LogP contribution in [-0.2, 0) is 16.6 Å². The highest BCUT2D eigenvalue weighted by Gasteiger charge is 2.12. The van der Waals surface area contributed by atoms with E-state index in [1.165, 1.54) is 0 Å². The molecular weight excluding hydrogens is 350 g/mol. The van der Waals surface area contributed by atoms with Crippen molar-refractivity contribution in [3.63, 3.8) is 0 Å². The van der Waals surface area contributed by atoms with Gasteiger partial charge in [-0.25, -0.2) is 13.1 Å². The van der Waals surface area contributed by atoms with Crippen molar-refractivity contribution < 1.29 is 13.2 Å². The second-order valence-corrected chi connectivity index (χ2v) is 7.87. The van der Waals surface area contributed by atoms with Crippen molar-refractivity contribution in [2.24, 2.45) is 0 Å². The molecule has 0 spiro atoms. The fourth-order valence-corrected chi connectivity index (χ4v) is 3.21. The minimum absolute atomic E-state index is 0.0551. The second-order valence-electron chi connectivity index (χ2n) is 5.94. The Morgan fingerprint density at radius 1 is 1.04 bits per heavy atom. The summed E-state index contributed by atoms with van der Waals surface area (Å²) in [4.78, 5) is 14.2. The number of hydrogen-bond acceptors (Lipinski definition) is 4. The molecule has 0 saturated heterocycles. The first kappa shape index (κ1) is 19.9. The summed E-state index contributed by atoms with van der Waals surface area (Å²) in [5, 5.41) is 2.64. The SMILES string of the molecule is CCN(C)c1ccc(C(=O)NCCS(=O)(=O)NCc2ccccc2)cc1. The third kappa shape index (κ3) is 6.16. The molecule has 2 aromatic rings. The van der Waals surface area contributed by atoms with Crippen LogP contribution < -0.4 is 14.9 Å². The van der Waals surface area contributed by atoms with Gasteiger partial charge >= 0.3 is 0 Å². The molecular formula is C19H25N3O3S. The predicted molar refractivity (Wildman–Crippen MR) is 105 cm³/mol. The molecule has 0 heterocycles. The Bertz CT molecular complexity index is 806. The van der Waals surface area contributed by atoms with E-state index < -0.39 is 10.0 Å².